The molecule has 1 N–H and O–H groups in total. The molecule has 1 heterocycles. The maximum absolute atomic E-state index is 10.8. The number of benzene rings is 2. The molecule has 2 unspecified atom stereocenters. The van der Waals surface area contributed by atoms with Crippen molar-refractivity contribution in [3.8, 4) is 5.75 Å². The van der Waals surface area contributed by atoms with Crippen molar-refractivity contribution >= 4 is 0 Å². The van der Waals surface area contributed by atoms with Gasteiger partial charge < -0.3 is 9.84 Å². The quantitative estimate of drug-likeness (QED) is 0.941. The molecule has 2 aromatic carbocycles. The Balaban J connectivity index is 1.79. The molecular weight excluding hydrogens is 274 g/mol. The second-order valence-corrected chi connectivity index (χ2v) is 5.91. The zero-order valence-electron chi connectivity index (χ0n) is 13.2. The minimum absolute atomic E-state index is 0.0280. The number of ether oxygens (including phenoxy) is 1. The van der Waals surface area contributed by atoms with E-state index >= 15 is 0 Å². The largest absolute Gasteiger partial charge is 0.491 e. The molecule has 0 spiro atoms. The number of likely N-dealkylation sites (N-methyl/N-ethyl adjacent to an activating group) is 1. The highest BCUT2D eigenvalue weighted by molar-refractivity contribution is 5.44. The van der Waals surface area contributed by atoms with E-state index in [1.807, 2.05) is 37.4 Å². The van der Waals surface area contributed by atoms with Crippen LogP contribution in [-0.4, -0.2) is 29.7 Å². The van der Waals surface area contributed by atoms with Crippen LogP contribution in [0.1, 0.15) is 29.7 Å². The average molecular weight is 297 g/mol. The van der Waals surface area contributed by atoms with E-state index in [4.69, 9.17) is 4.74 Å². The molecule has 1 aliphatic rings. The van der Waals surface area contributed by atoms with Crippen LogP contribution in [0.2, 0.25) is 0 Å². The summed E-state index contributed by atoms with van der Waals surface area (Å²) < 4.78 is 5.99. The number of aliphatic hydroxyl groups is 1. The van der Waals surface area contributed by atoms with Crippen molar-refractivity contribution in [3.63, 3.8) is 0 Å². The second kappa shape index (κ2) is 6.51. The van der Waals surface area contributed by atoms with Gasteiger partial charge in [-0.3, -0.25) is 4.90 Å². The lowest BCUT2D eigenvalue weighted by atomic mass is 9.94. The van der Waals surface area contributed by atoms with Crippen LogP contribution in [-0.2, 0) is 13.0 Å². The highest BCUT2D eigenvalue weighted by Crippen LogP contribution is 2.37. The van der Waals surface area contributed by atoms with Gasteiger partial charge in [-0.25, -0.2) is 0 Å². The van der Waals surface area contributed by atoms with Crippen LogP contribution >= 0.6 is 0 Å². The molecule has 0 bridgehead atoms. The van der Waals surface area contributed by atoms with Crippen molar-refractivity contribution in [1.29, 1.82) is 0 Å². The monoisotopic (exact) mass is 297 g/mol. The third-order valence-corrected chi connectivity index (χ3v) is 4.43. The average Bonchev–Trinajstić information content (AvgIpc) is 2.55. The molecular formula is C19H23NO2. The van der Waals surface area contributed by atoms with Crippen molar-refractivity contribution in [2.75, 3.05) is 13.7 Å². The molecule has 3 heteroatoms. The van der Waals surface area contributed by atoms with E-state index in [2.05, 4.69) is 30.0 Å². The SMILES string of the molecule is CCc1cccc2c1OCC(N(C)Cc1ccccc1)C2O. The number of hydrogen-bond acceptors (Lipinski definition) is 3. The lowest BCUT2D eigenvalue weighted by Crippen LogP contribution is -2.43. The highest BCUT2D eigenvalue weighted by Gasteiger charge is 2.33. The van der Waals surface area contributed by atoms with Crippen molar-refractivity contribution in [3.05, 3.63) is 65.2 Å². The van der Waals surface area contributed by atoms with Crippen molar-refractivity contribution < 1.29 is 9.84 Å². The van der Waals surface area contributed by atoms with E-state index in [0.717, 1.165) is 24.3 Å². The van der Waals surface area contributed by atoms with Gasteiger partial charge in [0.1, 0.15) is 18.5 Å². The van der Waals surface area contributed by atoms with E-state index in [1.54, 1.807) is 0 Å². The van der Waals surface area contributed by atoms with Crippen LogP contribution in [0, 0.1) is 0 Å². The van der Waals surface area contributed by atoms with Crippen LogP contribution in [0.5, 0.6) is 5.75 Å². The highest BCUT2D eigenvalue weighted by atomic mass is 16.5. The number of aryl methyl sites for hydroxylation is 1. The lowest BCUT2D eigenvalue weighted by molar-refractivity contribution is 0.0114. The van der Waals surface area contributed by atoms with Gasteiger partial charge in [0.05, 0.1) is 6.04 Å². The van der Waals surface area contributed by atoms with E-state index in [-0.39, 0.29) is 6.04 Å². The zero-order chi connectivity index (χ0) is 15.5. The summed E-state index contributed by atoms with van der Waals surface area (Å²) >= 11 is 0. The zero-order valence-corrected chi connectivity index (χ0v) is 13.2. The topological polar surface area (TPSA) is 32.7 Å². The number of fused-ring (bicyclic) bond motifs is 1. The number of nitrogens with zero attached hydrogens (tertiary/aromatic N) is 1. The van der Waals surface area contributed by atoms with Gasteiger partial charge >= 0.3 is 0 Å². The number of para-hydroxylation sites is 1. The maximum Gasteiger partial charge on any atom is 0.128 e. The van der Waals surface area contributed by atoms with E-state index < -0.39 is 6.10 Å². The van der Waals surface area contributed by atoms with Gasteiger partial charge in [0.25, 0.3) is 0 Å². The molecule has 0 aliphatic carbocycles. The van der Waals surface area contributed by atoms with Crippen LogP contribution < -0.4 is 4.74 Å². The summed E-state index contributed by atoms with van der Waals surface area (Å²) in [5, 5.41) is 10.8. The molecule has 0 saturated carbocycles. The first-order chi connectivity index (χ1) is 10.7. The molecule has 2 aromatic rings. The van der Waals surface area contributed by atoms with Gasteiger partial charge in [0.2, 0.25) is 0 Å². The van der Waals surface area contributed by atoms with Gasteiger partial charge in [0.15, 0.2) is 0 Å². The summed E-state index contributed by atoms with van der Waals surface area (Å²) in [6.07, 6.45) is 0.407. The molecule has 3 nitrogen and oxygen atoms in total. The normalized spacial score (nSPS) is 20.5. The molecule has 0 saturated heterocycles. The third-order valence-electron chi connectivity index (χ3n) is 4.43. The molecule has 0 aromatic heterocycles. The Kier molecular flexibility index (Phi) is 4.46. The first-order valence-electron chi connectivity index (χ1n) is 7.87. The lowest BCUT2D eigenvalue weighted by Gasteiger charge is -2.37. The predicted molar refractivity (Wildman–Crippen MR) is 88.0 cm³/mol. The van der Waals surface area contributed by atoms with Crippen LogP contribution in [0.25, 0.3) is 0 Å². The Morgan fingerprint density at radius 1 is 1.14 bits per heavy atom. The molecule has 0 amide bonds. The van der Waals surface area contributed by atoms with Crippen molar-refractivity contribution in [1.82, 2.24) is 4.90 Å². The van der Waals surface area contributed by atoms with Gasteiger partial charge in [-0.1, -0.05) is 55.5 Å². The van der Waals surface area contributed by atoms with Crippen molar-refractivity contribution in [2.24, 2.45) is 0 Å². The number of aliphatic hydroxyl groups excluding tert-OH is 1. The summed E-state index contributed by atoms with van der Waals surface area (Å²) in [5.74, 6) is 0.877. The standard InChI is InChI=1S/C19H23NO2/c1-3-15-10-7-11-16-18(21)17(13-22-19(15)16)20(2)12-14-8-5-4-6-9-14/h4-11,17-18,21H,3,12-13H2,1-2H3. The minimum Gasteiger partial charge on any atom is -0.491 e. The molecule has 0 radical (unpaired) electrons. The summed E-state index contributed by atoms with van der Waals surface area (Å²) in [6.45, 7) is 3.43. The summed E-state index contributed by atoms with van der Waals surface area (Å²) in [5.41, 5.74) is 3.32. The van der Waals surface area contributed by atoms with Crippen LogP contribution in [0.4, 0.5) is 0 Å². The summed E-state index contributed by atoms with van der Waals surface area (Å²) in [6, 6.07) is 16.3. The first-order valence-corrected chi connectivity index (χ1v) is 7.87. The molecule has 3 rings (SSSR count). The molecule has 22 heavy (non-hydrogen) atoms. The summed E-state index contributed by atoms with van der Waals surface area (Å²) in [4.78, 5) is 2.17. The Labute approximate surface area is 132 Å². The van der Waals surface area contributed by atoms with Crippen molar-refractivity contribution in [2.45, 2.75) is 32.0 Å². The fourth-order valence-electron chi connectivity index (χ4n) is 3.12. The predicted octanol–water partition coefficient (Wildman–Crippen LogP) is 3.18. The van der Waals surface area contributed by atoms with E-state index in [0.29, 0.717) is 6.61 Å². The van der Waals surface area contributed by atoms with Gasteiger partial charge in [-0.05, 0) is 24.6 Å². The molecule has 2 atom stereocenters. The van der Waals surface area contributed by atoms with Gasteiger partial charge in [0, 0.05) is 12.1 Å². The smallest absolute Gasteiger partial charge is 0.128 e. The van der Waals surface area contributed by atoms with Gasteiger partial charge in [-0.15, -0.1) is 0 Å². The maximum atomic E-state index is 10.8. The summed E-state index contributed by atoms with van der Waals surface area (Å²) in [7, 11) is 2.04. The number of rotatable bonds is 4. The van der Waals surface area contributed by atoms with E-state index in [9.17, 15) is 5.11 Å². The Bertz CT molecular complexity index is 627. The van der Waals surface area contributed by atoms with Crippen LogP contribution in [0.3, 0.4) is 0 Å². The van der Waals surface area contributed by atoms with Crippen LogP contribution in [0.15, 0.2) is 48.5 Å². The van der Waals surface area contributed by atoms with Gasteiger partial charge in [-0.2, -0.15) is 0 Å². The fraction of sp³-hybridized carbons (Fsp3) is 0.368. The Hall–Kier alpha value is -1.84. The molecule has 0 fully saturated rings. The van der Waals surface area contributed by atoms with E-state index in [1.165, 1.54) is 11.1 Å². The third kappa shape index (κ3) is 2.87. The Morgan fingerprint density at radius 3 is 2.64 bits per heavy atom. The minimum atomic E-state index is -0.510. The molecule has 1 aliphatic heterocycles. The Morgan fingerprint density at radius 2 is 1.91 bits per heavy atom. The first kappa shape index (κ1) is 15.1. The fourth-order valence-corrected chi connectivity index (χ4v) is 3.12. The second-order valence-electron chi connectivity index (χ2n) is 5.91. The molecule has 116 valence electrons. The number of hydrogen-bond donors (Lipinski definition) is 1.